The first-order valence-electron chi connectivity index (χ1n) is 11.5. The summed E-state index contributed by atoms with van der Waals surface area (Å²) in [5.74, 6) is -1.32. The second kappa shape index (κ2) is 10.9. The molecule has 0 spiro atoms. The molecule has 4 rings (SSSR count). The Morgan fingerprint density at radius 2 is 1.82 bits per heavy atom. The Morgan fingerprint density at radius 1 is 1.05 bits per heavy atom. The number of alkyl halides is 3. The average Bonchev–Trinajstić information content (AvgIpc) is 2.88. The highest BCUT2D eigenvalue weighted by molar-refractivity contribution is 6.34. The van der Waals surface area contributed by atoms with Crippen LogP contribution in [-0.2, 0) is 30.4 Å². The van der Waals surface area contributed by atoms with E-state index in [1.165, 1.54) is 14.2 Å². The number of anilines is 1. The Balaban J connectivity index is 1.50. The number of benzene rings is 3. The second-order valence-corrected chi connectivity index (χ2v) is 9.05. The Morgan fingerprint density at radius 3 is 2.47 bits per heavy atom. The zero-order chi connectivity index (χ0) is 27.6. The van der Waals surface area contributed by atoms with Gasteiger partial charge in [0.25, 0.3) is 5.91 Å². The minimum atomic E-state index is -4.82. The van der Waals surface area contributed by atoms with Gasteiger partial charge in [0.2, 0.25) is 5.91 Å². The molecule has 0 bridgehead atoms. The molecule has 0 aromatic heterocycles. The molecule has 38 heavy (non-hydrogen) atoms. The molecule has 0 saturated heterocycles. The van der Waals surface area contributed by atoms with Gasteiger partial charge in [-0.3, -0.25) is 9.59 Å². The number of carbonyl (C=O) groups is 2. The largest absolute Gasteiger partial charge is 0.497 e. The van der Waals surface area contributed by atoms with Gasteiger partial charge in [-0.2, -0.15) is 13.2 Å². The number of nitrogens with zero attached hydrogens (tertiary/aromatic N) is 1. The molecule has 200 valence electrons. The molecular weight excluding hydrogens is 528 g/mol. The van der Waals surface area contributed by atoms with Crippen molar-refractivity contribution in [3.63, 3.8) is 0 Å². The highest BCUT2D eigenvalue weighted by atomic mass is 35.5. The maximum Gasteiger partial charge on any atom is 0.419 e. The van der Waals surface area contributed by atoms with Crippen LogP contribution in [-0.4, -0.2) is 37.5 Å². The first-order chi connectivity index (χ1) is 18.0. The van der Waals surface area contributed by atoms with Gasteiger partial charge in [0.05, 0.1) is 42.5 Å². The first kappa shape index (κ1) is 27.3. The van der Waals surface area contributed by atoms with Crippen molar-refractivity contribution in [3.05, 3.63) is 87.2 Å². The summed E-state index contributed by atoms with van der Waals surface area (Å²) in [5, 5.41) is 2.98. The molecule has 1 aliphatic rings. The highest BCUT2D eigenvalue weighted by Gasteiger charge is 2.34. The van der Waals surface area contributed by atoms with Gasteiger partial charge >= 0.3 is 6.18 Å². The van der Waals surface area contributed by atoms with Crippen molar-refractivity contribution in [3.8, 4) is 11.5 Å². The highest BCUT2D eigenvalue weighted by Crippen LogP contribution is 2.35. The van der Waals surface area contributed by atoms with Gasteiger partial charge in [-0.15, -0.1) is 0 Å². The van der Waals surface area contributed by atoms with E-state index in [4.69, 9.17) is 21.1 Å². The standard InChI is InChI=1S/C27H23ClF4N2O4/c1-37-17-5-6-19(23(13-17)38-2)26(36)34-10-9-18-16(14-34)4-8-21(28)25(18)33-24(35)12-15-3-7-20(22(29)11-15)27(30,31)32/h3-8,11,13H,9-10,12,14H2,1-2H3,(H,33,35). The van der Waals surface area contributed by atoms with E-state index in [0.717, 1.165) is 17.2 Å². The molecule has 3 aromatic carbocycles. The van der Waals surface area contributed by atoms with E-state index in [2.05, 4.69) is 5.32 Å². The van der Waals surface area contributed by atoms with Crippen LogP contribution in [0.5, 0.6) is 11.5 Å². The Labute approximate surface area is 221 Å². The van der Waals surface area contributed by atoms with Gasteiger partial charge in [-0.1, -0.05) is 23.7 Å². The Kier molecular flexibility index (Phi) is 7.82. The number of amides is 2. The molecule has 0 radical (unpaired) electrons. The van der Waals surface area contributed by atoms with E-state index in [1.807, 2.05) is 0 Å². The van der Waals surface area contributed by atoms with Crippen LogP contribution in [0.2, 0.25) is 5.02 Å². The van der Waals surface area contributed by atoms with Gasteiger partial charge < -0.3 is 19.7 Å². The van der Waals surface area contributed by atoms with E-state index < -0.39 is 23.5 Å². The lowest BCUT2D eigenvalue weighted by Crippen LogP contribution is -2.36. The van der Waals surface area contributed by atoms with Crippen LogP contribution in [0.4, 0.5) is 23.2 Å². The number of ether oxygens (including phenoxy) is 2. The number of methoxy groups -OCH3 is 2. The molecule has 0 atom stereocenters. The summed E-state index contributed by atoms with van der Waals surface area (Å²) in [6.07, 6.45) is -4.78. The summed E-state index contributed by atoms with van der Waals surface area (Å²) in [6.45, 7) is 0.599. The van der Waals surface area contributed by atoms with Crippen LogP contribution in [0.15, 0.2) is 48.5 Å². The van der Waals surface area contributed by atoms with Crippen LogP contribution >= 0.6 is 11.6 Å². The molecule has 2 amide bonds. The number of nitrogens with one attached hydrogen (secondary N) is 1. The predicted molar refractivity (Wildman–Crippen MR) is 133 cm³/mol. The maximum atomic E-state index is 13.9. The van der Waals surface area contributed by atoms with Crippen LogP contribution < -0.4 is 14.8 Å². The summed E-state index contributed by atoms with van der Waals surface area (Å²) in [7, 11) is 2.98. The van der Waals surface area contributed by atoms with Gasteiger partial charge in [-0.05, 0) is 53.4 Å². The van der Waals surface area contributed by atoms with Crippen LogP contribution in [0.3, 0.4) is 0 Å². The number of hydrogen-bond donors (Lipinski definition) is 1. The number of rotatable bonds is 6. The third-order valence-electron chi connectivity index (χ3n) is 6.25. The van der Waals surface area contributed by atoms with Gasteiger partial charge in [0.1, 0.15) is 17.3 Å². The fourth-order valence-corrected chi connectivity index (χ4v) is 4.57. The molecule has 0 unspecified atom stereocenters. The minimum Gasteiger partial charge on any atom is -0.497 e. The van der Waals surface area contributed by atoms with E-state index in [0.29, 0.717) is 47.8 Å². The zero-order valence-corrected chi connectivity index (χ0v) is 21.2. The average molecular weight is 551 g/mol. The SMILES string of the molecule is COc1ccc(C(=O)N2CCc3c(ccc(Cl)c3NC(=O)Cc3ccc(C(F)(F)F)c(F)c3)C2)c(OC)c1. The topological polar surface area (TPSA) is 67.9 Å². The lowest BCUT2D eigenvalue weighted by molar-refractivity contribution is -0.140. The number of carbonyl (C=O) groups excluding carboxylic acids is 2. The molecule has 1 aliphatic heterocycles. The fraction of sp³-hybridized carbons (Fsp3) is 0.259. The number of fused-ring (bicyclic) bond motifs is 1. The van der Waals surface area contributed by atoms with Crippen molar-refractivity contribution in [2.45, 2.75) is 25.6 Å². The monoisotopic (exact) mass is 550 g/mol. The van der Waals surface area contributed by atoms with Crippen LogP contribution in [0, 0.1) is 5.82 Å². The second-order valence-electron chi connectivity index (χ2n) is 8.64. The van der Waals surface area contributed by atoms with E-state index in [1.54, 1.807) is 35.2 Å². The quantitative estimate of drug-likeness (QED) is 0.388. The van der Waals surface area contributed by atoms with E-state index in [-0.39, 0.29) is 29.5 Å². The van der Waals surface area contributed by atoms with Crippen molar-refractivity contribution >= 4 is 29.1 Å². The molecule has 0 saturated carbocycles. The zero-order valence-electron chi connectivity index (χ0n) is 20.4. The molecular formula is C27H23ClF4N2O4. The molecule has 6 nitrogen and oxygen atoms in total. The summed E-state index contributed by atoms with van der Waals surface area (Å²) < 4.78 is 62.9. The first-order valence-corrected chi connectivity index (χ1v) is 11.9. The summed E-state index contributed by atoms with van der Waals surface area (Å²) in [4.78, 5) is 27.6. The molecule has 3 aromatic rings. The summed E-state index contributed by atoms with van der Waals surface area (Å²) in [6, 6.07) is 10.7. The lowest BCUT2D eigenvalue weighted by Gasteiger charge is -2.31. The van der Waals surface area contributed by atoms with Crippen LogP contribution in [0.1, 0.15) is 32.6 Å². The molecule has 11 heteroatoms. The number of hydrogen-bond acceptors (Lipinski definition) is 4. The molecule has 1 heterocycles. The Bertz CT molecular complexity index is 1390. The fourth-order valence-electron chi connectivity index (χ4n) is 4.35. The minimum absolute atomic E-state index is 0.0825. The maximum absolute atomic E-state index is 13.9. The van der Waals surface area contributed by atoms with Gasteiger partial charge in [0.15, 0.2) is 0 Å². The summed E-state index contributed by atoms with van der Waals surface area (Å²) >= 11 is 6.36. The lowest BCUT2D eigenvalue weighted by atomic mass is 9.96. The third-order valence-corrected chi connectivity index (χ3v) is 6.56. The number of halogens is 5. The molecule has 1 N–H and O–H groups in total. The van der Waals surface area contributed by atoms with Crippen LogP contribution in [0.25, 0.3) is 0 Å². The third kappa shape index (κ3) is 5.70. The van der Waals surface area contributed by atoms with Crippen molar-refractivity contribution in [1.82, 2.24) is 4.90 Å². The smallest absolute Gasteiger partial charge is 0.419 e. The normalized spacial score (nSPS) is 13.1. The Hall–Kier alpha value is -3.79. The molecule has 0 aliphatic carbocycles. The molecule has 0 fully saturated rings. The van der Waals surface area contributed by atoms with Crippen molar-refractivity contribution in [2.24, 2.45) is 0 Å². The van der Waals surface area contributed by atoms with Gasteiger partial charge in [0, 0.05) is 19.2 Å². The van der Waals surface area contributed by atoms with Crippen molar-refractivity contribution in [1.29, 1.82) is 0 Å². The van der Waals surface area contributed by atoms with Crippen molar-refractivity contribution < 1.29 is 36.6 Å². The van der Waals surface area contributed by atoms with Crippen molar-refractivity contribution in [2.75, 3.05) is 26.1 Å². The predicted octanol–water partition coefficient (Wildman–Crippen LogP) is 5.89. The van der Waals surface area contributed by atoms with Gasteiger partial charge in [-0.25, -0.2) is 4.39 Å². The van der Waals surface area contributed by atoms with E-state index in [9.17, 15) is 27.2 Å². The van der Waals surface area contributed by atoms with E-state index >= 15 is 0 Å². The summed E-state index contributed by atoms with van der Waals surface area (Å²) in [5.41, 5.74) is 0.943.